The van der Waals surface area contributed by atoms with Gasteiger partial charge in [0.05, 0.1) is 17.2 Å². The minimum Gasteiger partial charge on any atom is -0.330 e. The van der Waals surface area contributed by atoms with E-state index in [-0.39, 0.29) is 11.5 Å². The van der Waals surface area contributed by atoms with Crippen LogP contribution in [0.2, 0.25) is 0 Å². The minimum absolute atomic E-state index is 0.0441. The van der Waals surface area contributed by atoms with Crippen molar-refractivity contribution in [3.05, 3.63) is 23.3 Å². The Kier molecular flexibility index (Phi) is 2.70. The van der Waals surface area contributed by atoms with Crippen LogP contribution in [0.1, 0.15) is 17.0 Å². The maximum absolute atomic E-state index is 11.4. The lowest BCUT2D eigenvalue weighted by molar-refractivity contribution is 0.589. The zero-order valence-corrected chi connectivity index (χ0v) is 9.13. The third kappa shape index (κ3) is 2.15. The molecule has 0 saturated heterocycles. The van der Waals surface area contributed by atoms with Gasteiger partial charge >= 0.3 is 0 Å². The summed E-state index contributed by atoms with van der Waals surface area (Å²) in [6.45, 7) is 0.524. The molecule has 2 N–H and O–H groups in total. The quantitative estimate of drug-likeness (QED) is 0.732. The van der Waals surface area contributed by atoms with Gasteiger partial charge < -0.3 is 5.73 Å². The normalized spacial score (nSPS) is 18.5. The molecule has 0 radical (unpaired) electrons. The molecule has 2 rings (SSSR count). The Balaban J connectivity index is 2.42. The van der Waals surface area contributed by atoms with Gasteiger partial charge in [0, 0.05) is 12.1 Å². The number of aromatic nitrogens is 2. The van der Waals surface area contributed by atoms with E-state index in [0.717, 1.165) is 11.3 Å². The molecule has 0 aliphatic carbocycles. The van der Waals surface area contributed by atoms with Crippen molar-refractivity contribution in [2.75, 3.05) is 12.3 Å². The molecule has 0 spiro atoms. The molecule has 0 aromatic carbocycles. The second kappa shape index (κ2) is 3.86. The molecule has 1 aromatic heterocycles. The van der Waals surface area contributed by atoms with Gasteiger partial charge in [0.2, 0.25) is 0 Å². The van der Waals surface area contributed by atoms with Crippen molar-refractivity contribution < 1.29 is 8.42 Å². The summed E-state index contributed by atoms with van der Waals surface area (Å²) in [5.41, 5.74) is 8.01. The van der Waals surface area contributed by atoms with Gasteiger partial charge in [-0.2, -0.15) is 0 Å². The summed E-state index contributed by atoms with van der Waals surface area (Å²) >= 11 is 0. The summed E-state index contributed by atoms with van der Waals surface area (Å²) in [6, 6.07) is 0. The van der Waals surface area contributed by atoms with Crippen LogP contribution in [0.3, 0.4) is 0 Å². The molecule has 0 atom stereocenters. The Morgan fingerprint density at radius 3 is 2.93 bits per heavy atom. The van der Waals surface area contributed by atoms with E-state index >= 15 is 0 Å². The standard InChI is InChI=1S/C9H13N3O2S/c10-3-1-8-7-2-4-15(13,14)5-9(7)12-6-11-8/h6H,1-5,10H2. The van der Waals surface area contributed by atoms with E-state index in [4.69, 9.17) is 5.73 Å². The zero-order valence-electron chi connectivity index (χ0n) is 8.31. The van der Waals surface area contributed by atoms with Crippen LogP contribution >= 0.6 is 0 Å². The number of nitrogens with zero attached hydrogens (tertiary/aromatic N) is 2. The van der Waals surface area contributed by atoms with Crippen LogP contribution in [0.15, 0.2) is 6.33 Å². The molecule has 0 bridgehead atoms. The Labute approximate surface area is 88.7 Å². The molecule has 15 heavy (non-hydrogen) atoms. The lowest BCUT2D eigenvalue weighted by Crippen LogP contribution is -2.23. The largest absolute Gasteiger partial charge is 0.330 e. The first-order chi connectivity index (χ1) is 7.12. The average molecular weight is 227 g/mol. The summed E-state index contributed by atoms with van der Waals surface area (Å²) in [5, 5.41) is 0. The molecule has 5 nitrogen and oxygen atoms in total. The SMILES string of the molecule is NCCc1ncnc2c1CCS(=O)(=O)C2. The highest BCUT2D eigenvalue weighted by molar-refractivity contribution is 7.90. The van der Waals surface area contributed by atoms with Crippen molar-refractivity contribution >= 4 is 9.84 Å². The molecule has 1 aliphatic heterocycles. The Bertz CT molecular complexity index is 470. The average Bonchev–Trinajstić information content (AvgIpc) is 2.16. The molecule has 0 amide bonds. The van der Waals surface area contributed by atoms with E-state index in [9.17, 15) is 8.42 Å². The highest BCUT2D eigenvalue weighted by Crippen LogP contribution is 2.20. The van der Waals surface area contributed by atoms with Gasteiger partial charge in [-0.1, -0.05) is 0 Å². The van der Waals surface area contributed by atoms with E-state index in [0.29, 0.717) is 25.1 Å². The van der Waals surface area contributed by atoms with E-state index in [1.54, 1.807) is 0 Å². The topological polar surface area (TPSA) is 85.9 Å². The van der Waals surface area contributed by atoms with Gasteiger partial charge in [0.25, 0.3) is 0 Å². The zero-order chi connectivity index (χ0) is 10.9. The number of nitrogens with two attached hydrogens (primary N) is 1. The van der Waals surface area contributed by atoms with Crippen LogP contribution in [0.5, 0.6) is 0 Å². The van der Waals surface area contributed by atoms with Gasteiger partial charge in [-0.15, -0.1) is 0 Å². The third-order valence-electron chi connectivity index (χ3n) is 2.52. The van der Waals surface area contributed by atoms with Crippen molar-refractivity contribution in [2.45, 2.75) is 18.6 Å². The van der Waals surface area contributed by atoms with Gasteiger partial charge in [-0.05, 0) is 18.5 Å². The maximum Gasteiger partial charge on any atom is 0.156 e. The first kappa shape index (κ1) is 10.5. The van der Waals surface area contributed by atoms with Crippen LogP contribution in [0.25, 0.3) is 0 Å². The van der Waals surface area contributed by atoms with Crippen molar-refractivity contribution in [3.63, 3.8) is 0 Å². The molecule has 0 saturated carbocycles. The highest BCUT2D eigenvalue weighted by atomic mass is 32.2. The van der Waals surface area contributed by atoms with Gasteiger partial charge in [0.1, 0.15) is 6.33 Å². The molecule has 2 heterocycles. The molecular weight excluding hydrogens is 214 g/mol. The predicted molar refractivity (Wildman–Crippen MR) is 56.0 cm³/mol. The van der Waals surface area contributed by atoms with E-state index in [2.05, 4.69) is 9.97 Å². The summed E-state index contributed by atoms with van der Waals surface area (Å²) < 4.78 is 22.8. The van der Waals surface area contributed by atoms with Crippen molar-refractivity contribution in [1.82, 2.24) is 9.97 Å². The summed E-state index contributed by atoms with van der Waals surface area (Å²) in [7, 11) is -2.95. The van der Waals surface area contributed by atoms with Crippen LogP contribution in [-0.4, -0.2) is 30.7 Å². The van der Waals surface area contributed by atoms with Crippen LogP contribution < -0.4 is 5.73 Å². The molecule has 6 heteroatoms. The smallest absolute Gasteiger partial charge is 0.156 e. The minimum atomic E-state index is -2.95. The molecule has 1 aliphatic rings. The van der Waals surface area contributed by atoms with Crippen molar-refractivity contribution in [2.24, 2.45) is 5.73 Å². The molecule has 1 aromatic rings. The number of rotatable bonds is 2. The number of hydrogen-bond acceptors (Lipinski definition) is 5. The van der Waals surface area contributed by atoms with Gasteiger partial charge in [-0.3, -0.25) is 0 Å². The third-order valence-corrected chi connectivity index (χ3v) is 4.06. The van der Waals surface area contributed by atoms with Gasteiger partial charge in [0.15, 0.2) is 9.84 Å². The Hall–Kier alpha value is -1.01. The second-order valence-electron chi connectivity index (χ2n) is 3.63. The van der Waals surface area contributed by atoms with E-state index in [1.807, 2.05) is 0 Å². The molecule has 0 unspecified atom stereocenters. The second-order valence-corrected chi connectivity index (χ2v) is 5.81. The number of sulfone groups is 1. The Morgan fingerprint density at radius 2 is 2.20 bits per heavy atom. The molecule has 0 fully saturated rings. The van der Waals surface area contributed by atoms with Crippen molar-refractivity contribution in [3.8, 4) is 0 Å². The lowest BCUT2D eigenvalue weighted by atomic mass is 10.1. The Morgan fingerprint density at radius 1 is 1.40 bits per heavy atom. The fraction of sp³-hybridized carbons (Fsp3) is 0.556. The first-order valence-electron chi connectivity index (χ1n) is 4.84. The highest BCUT2D eigenvalue weighted by Gasteiger charge is 2.24. The monoisotopic (exact) mass is 227 g/mol. The maximum atomic E-state index is 11.4. The summed E-state index contributed by atoms with van der Waals surface area (Å²) in [6.07, 6.45) is 2.63. The van der Waals surface area contributed by atoms with Crippen molar-refractivity contribution in [1.29, 1.82) is 0 Å². The number of hydrogen-bond donors (Lipinski definition) is 1. The van der Waals surface area contributed by atoms with Crippen LogP contribution in [-0.2, 0) is 28.4 Å². The number of fused-ring (bicyclic) bond motifs is 1. The fourth-order valence-electron chi connectivity index (χ4n) is 1.79. The van der Waals surface area contributed by atoms with E-state index < -0.39 is 9.84 Å². The summed E-state index contributed by atoms with van der Waals surface area (Å²) in [4.78, 5) is 8.17. The predicted octanol–water partition coefficient (Wildman–Crippen LogP) is -0.551. The molecular formula is C9H13N3O2S. The fourth-order valence-corrected chi connectivity index (χ4v) is 3.12. The summed E-state index contributed by atoms with van der Waals surface area (Å²) in [5.74, 6) is 0.243. The first-order valence-corrected chi connectivity index (χ1v) is 6.66. The van der Waals surface area contributed by atoms with E-state index in [1.165, 1.54) is 6.33 Å². The van der Waals surface area contributed by atoms with Crippen LogP contribution in [0, 0.1) is 0 Å². The lowest BCUT2D eigenvalue weighted by Gasteiger charge is -2.17. The van der Waals surface area contributed by atoms with Gasteiger partial charge in [-0.25, -0.2) is 18.4 Å². The van der Waals surface area contributed by atoms with Crippen LogP contribution in [0.4, 0.5) is 0 Å². The molecule has 82 valence electrons.